The van der Waals surface area contributed by atoms with Crippen molar-refractivity contribution in [3.63, 3.8) is 0 Å². The lowest BCUT2D eigenvalue weighted by molar-refractivity contribution is -0.384. The highest BCUT2D eigenvalue weighted by Crippen LogP contribution is 2.38. The van der Waals surface area contributed by atoms with Crippen LogP contribution in [-0.4, -0.2) is 38.4 Å². The van der Waals surface area contributed by atoms with E-state index in [4.69, 9.17) is 0 Å². The molecule has 178 valence electrons. The Bertz CT molecular complexity index is 1460. The van der Waals surface area contributed by atoms with Crippen LogP contribution >= 0.6 is 0 Å². The lowest BCUT2D eigenvalue weighted by Crippen LogP contribution is -2.47. The number of sulfone groups is 1. The highest BCUT2D eigenvalue weighted by atomic mass is 32.2. The minimum Gasteiger partial charge on any atom is -0.334 e. The molecule has 0 saturated carbocycles. The number of benzene rings is 3. The predicted octanol–water partition coefficient (Wildman–Crippen LogP) is 2.74. The van der Waals surface area contributed by atoms with Crippen LogP contribution in [0.3, 0.4) is 0 Å². The number of nitrogens with zero attached hydrogens (tertiary/aromatic N) is 2. The number of nitrogens with one attached hydrogen (secondary N) is 2. The van der Waals surface area contributed by atoms with Gasteiger partial charge in [-0.1, -0.05) is 30.3 Å². The molecule has 2 aliphatic heterocycles. The topological polar surface area (TPSA) is 139 Å². The molecule has 0 aliphatic carbocycles. The number of nitro groups is 1. The predicted molar refractivity (Wildman–Crippen MR) is 127 cm³/mol. The monoisotopic (exact) mass is 492 g/mol. The van der Waals surface area contributed by atoms with Gasteiger partial charge in [-0.15, -0.1) is 0 Å². The van der Waals surface area contributed by atoms with E-state index in [-0.39, 0.29) is 23.0 Å². The number of anilines is 1. The van der Waals surface area contributed by atoms with Crippen molar-refractivity contribution in [3.8, 4) is 0 Å². The van der Waals surface area contributed by atoms with Gasteiger partial charge in [-0.05, 0) is 47.9 Å². The first-order chi connectivity index (χ1) is 16.7. The normalized spacial score (nSPS) is 19.1. The quantitative estimate of drug-likeness (QED) is 0.415. The van der Waals surface area contributed by atoms with Crippen molar-refractivity contribution in [2.75, 3.05) is 18.0 Å². The van der Waals surface area contributed by atoms with E-state index in [0.29, 0.717) is 35.3 Å². The van der Waals surface area contributed by atoms with Gasteiger partial charge in [-0.2, -0.15) is 0 Å². The fourth-order valence-electron chi connectivity index (χ4n) is 4.51. The summed E-state index contributed by atoms with van der Waals surface area (Å²) < 4.78 is 27.7. The minimum atomic E-state index is -4.07. The van der Waals surface area contributed by atoms with Crippen molar-refractivity contribution in [1.29, 1.82) is 0 Å². The SMILES string of the molecule is O=C1NCC(c2ccccc2)(S(=O)(=O)c2ccc3c(c2)CCN3C(=O)c2ccc([N+](=O)[O-])cc2)N1. The minimum absolute atomic E-state index is 0.0359. The molecule has 1 atom stereocenters. The molecule has 5 rings (SSSR count). The average molecular weight is 493 g/mol. The second-order valence-corrected chi connectivity index (χ2v) is 10.5. The Balaban J connectivity index is 1.48. The van der Waals surface area contributed by atoms with Crippen LogP contribution in [0.5, 0.6) is 0 Å². The number of rotatable bonds is 5. The van der Waals surface area contributed by atoms with Crippen LogP contribution in [0.2, 0.25) is 0 Å². The molecule has 0 aromatic heterocycles. The Kier molecular flexibility index (Phi) is 5.28. The number of non-ortho nitro benzene ring substituents is 1. The highest BCUT2D eigenvalue weighted by Gasteiger charge is 2.51. The molecule has 1 saturated heterocycles. The first kappa shape index (κ1) is 22.5. The summed E-state index contributed by atoms with van der Waals surface area (Å²) in [6.45, 7) is 0.219. The second-order valence-electron chi connectivity index (χ2n) is 8.31. The van der Waals surface area contributed by atoms with E-state index in [1.165, 1.54) is 35.2 Å². The molecule has 3 amide bonds. The molecule has 0 bridgehead atoms. The number of hydrogen-bond donors (Lipinski definition) is 2. The van der Waals surface area contributed by atoms with E-state index >= 15 is 0 Å². The molecule has 0 radical (unpaired) electrons. The van der Waals surface area contributed by atoms with Gasteiger partial charge in [0.05, 0.1) is 16.4 Å². The Morgan fingerprint density at radius 3 is 2.37 bits per heavy atom. The van der Waals surface area contributed by atoms with Gasteiger partial charge in [0.1, 0.15) is 0 Å². The lowest BCUT2D eigenvalue weighted by atomic mass is 10.1. The van der Waals surface area contributed by atoms with E-state index < -0.39 is 25.7 Å². The Morgan fingerprint density at radius 1 is 1.03 bits per heavy atom. The fourth-order valence-corrected chi connectivity index (χ4v) is 6.40. The molecule has 11 heteroatoms. The van der Waals surface area contributed by atoms with Gasteiger partial charge in [0, 0.05) is 29.9 Å². The number of fused-ring (bicyclic) bond motifs is 1. The zero-order valence-electron chi connectivity index (χ0n) is 18.3. The van der Waals surface area contributed by atoms with Crippen LogP contribution in [0, 0.1) is 10.1 Å². The van der Waals surface area contributed by atoms with Crippen LogP contribution in [0.15, 0.2) is 77.7 Å². The second kappa shape index (κ2) is 8.20. The summed E-state index contributed by atoms with van der Waals surface area (Å²) in [5.74, 6) is -0.331. The van der Waals surface area contributed by atoms with Crippen LogP contribution in [-0.2, 0) is 21.1 Å². The molecule has 10 nitrogen and oxygen atoms in total. The first-order valence-corrected chi connectivity index (χ1v) is 12.3. The van der Waals surface area contributed by atoms with Gasteiger partial charge in [0.25, 0.3) is 11.6 Å². The van der Waals surface area contributed by atoms with Crippen molar-refractivity contribution in [1.82, 2.24) is 10.6 Å². The molecular formula is C24H20N4O6S. The van der Waals surface area contributed by atoms with Crippen LogP contribution in [0.25, 0.3) is 0 Å². The number of urea groups is 1. The molecule has 2 heterocycles. The third-order valence-electron chi connectivity index (χ3n) is 6.34. The van der Waals surface area contributed by atoms with Crippen LogP contribution in [0.4, 0.5) is 16.2 Å². The smallest absolute Gasteiger partial charge is 0.316 e. The Hall–Kier alpha value is -4.25. The number of carbonyl (C=O) groups is 2. The Labute approximate surface area is 200 Å². The maximum atomic E-state index is 13.8. The standard InChI is InChI=1S/C24H20N4O6S/c29-22(16-6-8-19(9-7-16)28(31)32)27-13-12-17-14-20(10-11-21(17)27)35(33,34)24(15-25-23(30)26-24)18-4-2-1-3-5-18/h1-11,14H,12-13,15H2,(H2,25,26,30). The van der Waals surface area contributed by atoms with Crippen molar-refractivity contribution >= 4 is 33.2 Å². The van der Waals surface area contributed by atoms with E-state index in [9.17, 15) is 28.1 Å². The number of nitro benzene ring substituents is 1. The average Bonchev–Trinajstić information content (AvgIpc) is 3.48. The zero-order chi connectivity index (χ0) is 24.8. The van der Waals surface area contributed by atoms with Gasteiger partial charge < -0.3 is 15.5 Å². The summed E-state index contributed by atoms with van der Waals surface area (Å²) in [5, 5.41) is 16.0. The zero-order valence-corrected chi connectivity index (χ0v) is 19.1. The molecule has 1 unspecified atom stereocenters. The number of hydrogen-bond acceptors (Lipinski definition) is 6. The van der Waals surface area contributed by atoms with Gasteiger partial charge in [0.15, 0.2) is 4.87 Å². The molecule has 2 N–H and O–H groups in total. The first-order valence-electron chi connectivity index (χ1n) is 10.8. The maximum absolute atomic E-state index is 13.8. The molecular weight excluding hydrogens is 472 g/mol. The largest absolute Gasteiger partial charge is 0.334 e. The van der Waals surface area contributed by atoms with Crippen molar-refractivity contribution in [3.05, 3.63) is 99.6 Å². The molecule has 35 heavy (non-hydrogen) atoms. The third kappa shape index (κ3) is 3.60. The summed E-state index contributed by atoms with van der Waals surface area (Å²) in [7, 11) is -4.07. The van der Waals surface area contributed by atoms with E-state index in [1.807, 2.05) is 0 Å². The summed E-state index contributed by atoms with van der Waals surface area (Å²) in [6, 6.07) is 17.8. The summed E-state index contributed by atoms with van der Waals surface area (Å²) in [6.07, 6.45) is 0.445. The van der Waals surface area contributed by atoms with E-state index in [0.717, 1.165) is 0 Å². The van der Waals surface area contributed by atoms with Crippen LogP contribution < -0.4 is 15.5 Å². The highest BCUT2D eigenvalue weighted by molar-refractivity contribution is 7.92. The number of amides is 3. The van der Waals surface area contributed by atoms with Gasteiger partial charge in [-0.25, -0.2) is 13.2 Å². The lowest BCUT2D eigenvalue weighted by Gasteiger charge is -2.28. The maximum Gasteiger partial charge on any atom is 0.316 e. The molecule has 0 spiro atoms. The van der Waals surface area contributed by atoms with E-state index in [1.54, 1.807) is 42.5 Å². The number of carbonyl (C=O) groups excluding carboxylic acids is 2. The Morgan fingerprint density at radius 2 is 1.74 bits per heavy atom. The van der Waals surface area contributed by atoms with Crippen LogP contribution in [0.1, 0.15) is 21.5 Å². The summed E-state index contributed by atoms with van der Waals surface area (Å²) in [4.78, 5) is 35.3. The van der Waals surface area contributed by atoms with Crippen molar-refractivity contribution < 1.29 is 22.9 Å². The fraction of sp³-hybridized carbons (Fsp3) is 0.167. The van der Waals surface area contributed by atoms with Crippen molar-refractivity contribution in [2.45, 2.75) is 16.2 Å². The molecule has 3 aromatic carbocycles. The third-order valence-corrected chi connectivity index (χ3v) is 8.61. The van der Waals surface area contributed by atoms with E-state index in [2.05, 4.69) is 10.6 Å². The molecule has 3 aromatic rings. The van der Waals surface area contributed by atoms with Gasteiger partial charge in [0.2, 0.25) is 9.84 Å². The molecule has 1 fully saturated rings. The molecule has 2 aliphatic rings. The summed E-state index contributed by atoms with van der Waals surface area (Å²) >= 11 is 0. The van der Waals surface area contributed by atoms with Gasteiger partial charge >= 0.3 is 6.03 Å². The van der Waals surface area contributed by atoms with Crippen molar-refractivity contribution in [2.24, 2.45) is 0 Å². The summed E-state index contributed by atoms with van der Waals surface area (Å²) in [5.41, 5.74) is 1.88. The van der Waals surface area contributed by atoms with Gasteiger partial charge in [-0.3, -0.25) is 14.9 Å².